The number of hydrogen-bond acceptors (Lipinski definition) is 3. The second-order valence-electron chi connectivity index (χ2n) is 36.5. The molecule has 0 fully saturated rings. The van der Waals surface area contributed by atoms with Gasteiger partial charge in [0.2, 0.25) is 0 Å². The van der Waals surface area contributed by atoms with E-state index in [4.69, 9.17) is 4.11 Å². The van der Waals surface area contributed by atoms with Gasteiger partial charge in [-0.05, 0) is 230 Å². The molecule has 0 unspecified atom stereocenters. The van der Waals surface area contributed by atoms with Crippen LogP contribution in [0.1, 0.15) is 144 Å². The minimum Gasteiger partial charge on any atom is -0.311 e. The lowest BCUT2D eigenvalue weighted by Crippen LogP contribution is -2.61. The van der Waals surface area contributed by atoms with Crippen molar-refractivity contribution in [3.63, 3.8) is 0 Å². The van der Waals surface area contributed by atoms with Crippen LogP contribution in [0, 0.1) is 0 Å². The van der Waals surface area contributed by atoms with Gasteiger partial charge in [0.25, 0.3) is 6.71 Å². The van der Waals surface area contributed by atoms with Gasteiger partial charge in [-0.2, -0.15) is 0 Å². The number of benzene rings is 15. The number of aromatic nitrogens is 1. The Balaban J connectivity index is 1.06. The van der Waals surface area contributed by atoms with Crippen molar-refractivity contribution >= 4 is 96.1 Å². The highest BCUT2D eigenvalue weighted by Gasteiger charge is 2.46. The van der Waals surface area contributed by atoms with Crippen LogP contribution in [-0.2, 0) is 27.1 Å². The monoisotopic (exact) mass is 1500 g/mol. The van der Waals surface area contributed by atoms with Gasteiger partial charge in [-0.15, -0.1) is 0 Å². The molecule has 16 aromatic rings. The molecule has 18 rings (SSSR count). The molecule has 0 saturated carbocycles. The van der Waals surface area contributed by atoms with E-state index in [0.717, 1.165) is 123 Å². The first-order valence-corrected chi connectivity index (χ1v) is 40.3. The molecule has 0 atom stereocenters. The van der Waals surface area contributed by atoms with E-state index in [2.05, 4.69) is 350 Å². The van der Waals surface area contributed by atoms with E-state index in [-0.39, 0.29) is 55.8 Å². The number of hydrogen-bond donors (Lipinski definition) is 0. The van der Waals surface area contributed by atoms with Crippen molar-refractivity contribution < 1.29 is 12.3 Å². The Kier molecular flexibility index (Phi) is 15.7. The fraction of sp³-hybridized carbons (Fsp3) is 0.182. The highest BCUT2D eigenvalue weighted by molar-refractivity contribution is 7.00. The molecule has 115 heavy (non-hydrogen) atoms. The highest BCUT2D eigenvalue weighted by Crippen LogP contribution is 2.55. The first-order valence-electron chi connectivity index (χ1n) is 44.8. The van der Waals surface area contributed by atoms with Gasteiger partial charge in [0.1, 0.15) is 0 Å². The average Bonchev–Trinajstić information content (AvgIpc) is 1.03. The fourth-order valence-corrected chi connectivity index (χ4v) is 17.1. The molecule has 0 radical (unpaired) electrons. The lowest BCUT2D eigenvalue weighted by Gasteiger charge is -2.45. The van der Waals surface area contributed by atoms with Crippen LogP contribution < -0.4 is 31.1 Å². The maximum Gasteiger partial charge on any atom is 0.252 e. The standard InChI is InChI=1S/C110H101BN4/c1-106(2,3)82-57-80(58-83(65-82)107(4,5)6)76-50-53-96-100(63-76)114(90-61-78(72-36-22-16-23-37-72)56-79(62-90)73-38-24-17-25-39-73)102-70-91(113-98-49-35-34-48-92(98)95-69-89(52-55-99(95)113)112(87-44-30-20-31-45-87)88-46-32-21-33-47-88)71-103-104(102)111(96)97-54-51-77(81-59-84(108(7,8)9)66-85(60-81)109(10,11)12)64-101(97)115(103)105-93(74-40-26-18-27-41-74)67-86(110(13,14)15)68-94(105)75-42-28-19-29-43-75/h16-71H,1-15H3/i20D,30D,31D,34D,35D,44D,45D,48D,49D. The number of rotatable bonds is 12. The molecular weight excluding hydrogens is 1390 g/mol. The molecule has 0 amide bonds. The van der Waals surface area contributed by atoms with E-state index in [1.165, 1.54) is 22.3 Å². The smallest absolute Gasteiger partial charge is 0.252 e. The Bertz CT molecular complexity index is 6780. The van der Waals surface area contributed by atoms with Crippen LogP contribution in [0.15, 0.2) is 340 Å². The zero-order valence-corrected chi connectivity index (χ0v) is 68.5. The van der Waals surface area contributed by atoms with Crippen LogP contribution >= 0.6 is 0 Å². The second-order valence-corrected chi connectivity index (χ2v) is 36.5. The van der Waals surface area contributed by atoms with E-state index in [9.17, 15) is 8.22 Å². The average molecular weight is 1500 g/mol. The fourth-order valence-electron chi connectivity index (χ4n) is 17.1. The maximum absolute atomic E-state index is 10.6. The highest BCUT2D eigenvalue weighted by atomic mass is 15.2. The number of nitrogens with zero attached hydrogens (tertiary/aromatic N) is 4. The van der Waals surface area contributed by atoms with Crippen LogP contribution in [0.3, 0.4) is 0 Å². The summed E-state index contributed by atoms with van der Waals surface area (Å²) in [5, 5.41) is 0.672. The van der Waals surface area contributed by atoms with Gasteiger partial charge in [-0.1, -0.05) is 340 Å². The molecule has 0 bridgehead atoms. The van der Waals surface area contributed by atoms with Gasteiger partial charge in [0.15, 0.2) is 0 Å². The van der Waals surface area contributed by atoms with Gasteiger partial charge in [0, 0.05) is 67.4 Å². The third-order valence-corrected chi connectivity index (χ3v) is 23.4. The summed E-state index contributed by atoms with van der Waals surface area (Å²) in [6, 6.07) is 98.7. The normalized spacial score (nSPS) is 14.0. The summed E-state index contributed by atoms with van der Waals surface area (Å²) in [6.07, 6.45) is 0. The summed E-state index contributed by atoms with van der Waals surface area (Å²) in [4.78, 5) is 6.69. The van der Waals surface area contributed by atoms with Crippen molar-refractivity contribution in [3.8, 4) is 72.4 Å². The van der Waals surface area contributed by atoms with Gasteiger partial charge in [0.05, 0.1) is 34.7 Å². The molecule has 1 aromatic heterocycles. The van der Waals surface area contributed by atoms with Gasteiger partial charge < -0.3 is 19.3 Å². The largest absolute Gasteiger partial charge is 0.311 e. The van der Waals surface area contributed by atoms with Crippen LogP contribution in [-0.4, -0.2) is 11.3 Å². The number of anilines is 9. The van der Waals surface area contributed by atoms with Crippen molar-refractivity contribution in [2.24, 2.45) is 0 Å². The number of para-hydroxylation sites is 3. The molecule has 0 saturated heterocycles. The summed E-state index contributed by atoms with van der Waals surface area (Å²) in [6.45, 7) is 33.9. The quantitative estimate of drug-likeness (QED) is 0.113. The lowest BCUT2D eigenvalue weighted by molar-refractivity contribution is 0.568. The topological polar surface area (TPSA) is 14.7 Å². The molecule has 5 heteroatoms. The van der Waals surface area contributed by atoms with E-state index >= 15 is 0 Å². The van der Waals surface area contributed by atoms with Crippen molar-refractivity contribution in [2.75, 3.05) is 14.7 Å². The van der Waals surface area contributed by atoms with Crippen LogP contribution in [0.5, 0.6) is 0 Å². The van der Waals surface area contributed by atoms with E-state index in [1.54, 1.807) is 4.90 Å². The Morgan fingerprint density at radius 2 is 0.678 bits per heavy atom. The van der Waals surface area contributed by atoms with Gasteiger partial charge in [-0.3, -0.25) is 0 Å². The lowest BCUT2D eigenvalue weighted by atomic mass is 9.33. The Morgan fingerprint density at radius 1 is 0.270 bits per heavy atom. The molecular formula is C110H101BN4. The Labute approximate surface area is 694 Å². The predicted molar refractivity (Wildman–Crippen MR) is 496 cm³/mol. The van der Waals surface area contributed by atoms with Crippen molar-refractivity contribution in [2.45, 2.75) is 131 Å². The molecule has 2 aliphatic rings. The maximum atomic E-state index is 10.6. The minimum atomic E-state index is -0.530. The molecule has 2 aliphatic heterocycles. The van der Waals surface area contributed by atoms with Crippen molar-refractivity contribution in [3.05, 3.63) is 367 Å². The molecule has 15 aromatic carbocycles. The molecule has 564 valence electrons. The predicted octanol–water partition coefficient (Wildman–Crippen LogP) is 28.8. The molecule has 0 aliphatic carbocycles. The third-order valence-electron chi connectivity index (χ3n) is 23.4. The van der Waals surface area contributed by atoms with E-state index in [1.807, 2.05) is 53.1 Å². The third kappa shape index (κ3) is 13.7. The van der Waals surface area contributed by atoms with Crippen LogP contribution in [0.2, 0.25) is 0 Å². The van der Waals surface area contributed by atoms with Crippen molar-refractivity contribution in [1.82, 2.24) is 4.57 Å². The zero-order valence-electron chi connectivity index (χ0n) is 77.5. The van der Waals surface area contributed by atoms with E-state index < -0.39 is 49.0 Å². The van der Waals surface area contributed by atoms with E-state index in [0.29, 0.717) is 28.0 Å². The molecule has 0 N–H and O–H groups in total. The summed E-state index contributed by atoms with van der Waals surface area (Å²) in [5.41, 5.74) is 27.9. The van der Waals surface area contributed by atoms with Gasteiger partial charge >= 0.3 is 0 Å². The first-order chi connectivity index (χ1) is 58.9. The summed E-state index contributed by atoms with van der Waals surface area (Å²) in [7, 11) is 0. The SMILES string of the molecule is [2H]c1c([2H])c([2H])c(N(c2ccccc2)c2ccc3c(c2)c2c([2H])c([2H])c([2H])c([2H])c2n3-c2cc3c4c(c2)N(c2c(-c5ccccc5)cc(C(C)(C)C)cc2-c2ccccc2)c2cc(-c5cc(C(C)(C)C)cc(C(C)(C)C)c5)ccc2B4c2ccc(-c4cc(C(C)(C)C)cc(C(C)(C)C)c4)cc2N3c2cc(-c3ccccc3)cc(-c3ccccc3)c2)c([2H])c1[2H]. The molecule has 0 spiro atoms. The molecule has 4 nitrogen and oxygen atoms in total. The van der Waals surface area contributed by atoms with Crippen LogP contribution in [0.25, 0.3) is 94.3 Å². The second kappa shape index (κ2) is 28.3. The number of fused-ring (bicyclic) bond motifs is 7. The summed E-state index contributed by atoms with van der Waals surface area (Å²) >= 11 is 0. The van der Waals surface area contributed by atoms with Crippen molar-refractivity contribution in [1.29, 1.82) is 0 Å². The molecule has 3 heterocycles. The Hall–Kier alpha value is -12.4. The zero-order chi connectivity index (χ0) is 87.4. The summed E-state index contributed by atoms with van der Waals surface area (Å²) < 4.78 is 88.4. The van der Waals surface area contributed by atoms with Crippen LogP contribution in [0.4, 0.5) is 51.2 Å². The Morgan fingerprint density at radius 3 is 1.15 bits per heavy atom. The van der Waals surface area contributed by atoms with Gasteiger partial charge in [-0.25, -0.2) is 0 Å². The minimum absolute atomic E-state index is 0.0854. The first kappa shape index (κ1) is 64.0. The summed E-state index contributed by atoms with van der Waals surface area (Å²) in [5.74, 6) is 0.